The third-order valence-electron chi connectivity index (χ3n) is 5.95. The van der Waals surface area contributed by atoms with Gasteiger partial charge in [0.25, 0.3) is 5.91 Å². The van der Waals surface area contributed by atoms with E-state index in [1.807, 2.05) is 22.9 Å². The summed E-state index contributed by atoms with van der Waals surface area (Å²) in [6, 6.07) is 3.95. The molecular weight excluding hydrogens is 396 g/mol. The topological polar surface area (TPSA) is 101 Å². The van der Waals surface area contributed by atoms with Crippen LogP contribution in [0.1, 0.15) is 54.6 Å². The van der Waals surface area contributed by atoms with Gasteiger partial charge in [-0.15, -0.1) is 0 Å². The first kappa shape index (κ1) is 21.5. The van der Waals surface area contributed by atoms with Crippen LogP contribution in [0, 0.1) is 0 Å². The van der Waals surface area contributed by atoms with Crippen molar-refractivity contribution in [1.82, 2.24) is 19.9 Å². The highest BCUT2D eigenvalue weighted by Crippen LogP contribution is 2.30. The van der Waals surface area contributed by atoms with Crippen molar-refractivity contribution in [3.05, 3.63) is 48.2 Å². The molecule has 31 heavy (non-hydrogen) atoms. The molecule has 166 valence electrons. The predicted octanol–water partition coefficient (Wildman–Crippen LogP) is 3.11. The molecule has 0 aliphatic heterocycles. The van der Waals surface area contributed by atoms with Crippen LogP contribution in [0.2, 0.25) is 0 Å². The van der Waals surface area contributed by atoms with Gasteiger partial charge in [0.05, 0.1) is 42.8 Å². The average molecular weight is 427 g/mol. The van der Waals surface area contributed by atoms with Crippen LogP contribution in [0.25, 0.3) is 16.6 Å². The number of hydrogen-bond acceptors (Lipinski definition) is 5. The molecule has 1 aromatic carbocycles. The number of carbonyl (C=O) groups is 1. The van der Waals surface area contributed by atoms with Crippen LogP contribution in [0.4, 0.5) is 0 Å². The Labute approximate surface area is 181 Å². The number of aliphatic hydroxyl groups excluding tert-OH is 1. The summed E-state index contributed by atoms with van der Waals surface area (Å²) < 4.78 is 12.7. The molecule has 0 radical (unpaired) electrons. The number of ether oxygens (including phenoxy) is 2. The summed E-state index contributed by atoms with van der Waals surface area (Å²) in [6.45, 7) is 2.93. The van der Waals surface area contributed by atoms with E-state index in [-0.39, 0.29) is 18.1 Å². The van der Waals surface area contributed by atoms with Gasteiger partial charge in [-0.25, -0.2) is 4.98 Å². The van der Waals surface area contributed by atoms with Crippen LogP contribution in [-0.2, 0) is 9.47 Å². The number of aliphatic hydroxyl groups is 1. The number of H-pyrrole nitrogens is 1. The van der Waals surface area contributed by atoms with E-state index < -0.39 is 6.10 Å². The minimum absolute atomic E-state index is 0.116. The maximum atomic E-state index is 13.3. The molecular formula is C23H30N4O4. The smallest absolute Gasteiger partial charge is 0.253 e. The Morgan fingerprint density at radius 2 is 2.13 bits per heavy atom. The molecule has 1 aliphatic carbocycles. The molecule has 1 atom stereocenters. The molecule has 3 N–H and O–H groups in total. The predicted molar refractivity (Wildman–Crippen MR) is 117 cm³/mol. The Kier molecular flexibility index (Phi) is 6.70. The Balaban J connectivity index is 1.53. The molecule has 3 aromatic rings. The van der Waals surface area contributed by atoms with Gasteiger partial charge in [-0.3, -0.25) is 4.79 Å². The normalized spacial score (nSPS) is 20.1. The lowest BCUT2D eigenvalue weighted by Crippen LogP contribution is -2.39. The highest BCUT2D eigenvalue weighted by Gasteiger charge is 2.25. The monoisotopic (exact) mass is 426 g/mol. The lowest BCUT2D eigenvalue weighted by atomic mass is 9.92. The van der Waals surface area contributed by atoms with Crippen molar-refractivity contribution >= 4 is 16.8 Å². The summed E-state index contributed by atoms with van der Waals surface area (Å²) in [6.07, 6.45) is 10.2. The largest absolute Gasteiger partial charge is 0.389 e. The fraction of sp³-hybridized carbons (Fsp3) is 0.478. The highest BCUT2D eigenvalue weighted by molar-refractivity contribution is 6.07. The maximum absolute atomic E-state index is 13.3. The van der Waals surface area contributed by atoms with Gasteiger partial charge >= 0.3 is 0 Å². The van der Waals surface area contributed by atoms with Gasteiger partial charge < -0.3 is 29.4 Å². The molecule has 1 fully saturated rings. The number of nitrogens with one attached hydrogen (secondary N) is 2. The van der Waals surface area contributed by atoms with E-state index in [1.165, 1.54) is 0 Å². The van der Waals surface area contributed by atoms with Crippen molar-refractivity contribution in [3.8, 4) is 5.69 Å². The lowest BCUT2D eigenvalue weighted by molar-refractivity contribution is -0.00408. The Bertz CT molecular complexity index is 1000. The summed E-state index contributed by atoms with van der Waals surface area (Å²) in [7, 11) is 1.67. The van der Waals surface area contributed by atoms with Gasteiger partial charge in [0.15, 0.2) is 0 Å². The molecule has 0 spiro atoms. The number of amides is 1. The van der Waals surface area contributed by atoms with Crippen LogP contribution in [0.3, 0.4) is 0 Å². The zero-order chi connectivity index (χ0) is 21.8. The minimum Gasteiger partial charge on any atom is -0.389 e. The van der Waals surface area contributed by atoms with Crippen molar-refractivity contribution in [1.29, 1.82) is 0 Å². The Hall–Kier alpha value is -2.68. The molecule has 4 rings (SSSR count). The zero-order valence-electron chi connectivity index (χ0n) is 18.0. The molecule has 8 nitrogen and oxygen atoms in total. The number of fused-ring (bicyclic) bond motifs is 1. The summed E-state index contributed by atoms with van der Waals surface area (Å²) >= 11 is 0. The number of imidazole rings is 1. The molecule has 0 saturated heterocycles. The maximum Gasteiger partial charge on any atom is 0.253 e. The van der Waals surface area contributed by atoms with Crippen LogP contribution >= 0.6 is 0 Å². The second-order valence-electron chi connectivity index (χ2n) is 8.12. The number of aromatic nitrogens is 3. The van der Waals surface area contributed by atoms with Crippen molar-refractivity contribution in [2.75, 3.05) is 20.3 Å². The van der Waals surface area contributed by atoms with Crippen LogP contribution in [-0.4, -0.2) is 58.0 Å². The number of hydrogen-bond donors (Lipinski definition) is 3. The van der Waals surface area contributed by atoms with E-state index in [1.54, 1.807) is 32.8 Å². The minimum atomic E-state index is -0.643. The fourth-order valence-corrected chi connectivity index (χ4v) is 4.26. The van der Waals surface area contributed by atoms with Gasteiger partial charge in [0.1, 0.15) is 0 Å². The molecule has 1 aliphatic rings. The number of aromatic amines is 1. The number of benzene rings is 1. The first-order chi connectivity index (χ1) is 15.1. The first-order valence-corrected chi connectivity index (χ1v) is 10.8. The number of carbonyl (C=O) groups excluding carboxylic acids is 1. The summed E-state index contributed by atoms with van der Waals surface area (Å²) in [4.78, 5) is 20.6. The van der Waals surface area contributed by atoms with Crippen LogP contribution in [0.5, 0.6) is 0 Å². The van der Waals surface area contributed by atoms with E-state index in [2.05, 4.69) is 15.3 Å². The molecule has 0 bridgehead atoms. The first-order valence-electron chi connectivity index (χ1n) is 10.8. The highest BCUT2D eigenvalue weighted by atomic mass is 16.5. The molecule has 2 heterocycles. The summed E-state index contributed by atoms with van der Waals surface area (Å²) in [5, 5.41) is 14.2. The van der Waals surface area contributed by atoms with Crippen molar-refractivity contribution in [2.24, 2.45) is 0 Å². The Morgan fingerprint density at radius 1 is 1.32 bits per heavy atom. The summed E-state index contributed by atoms with van der Waals surface area (Å²) in [5.41, 5.74) is 2.88. The Morgan fingerprint density at radius 3 is 2.81 bits per heavy atom. The van der Waals surface area contributed by atoms with Gasteiger partial charge in [-0.2, -0.15) is 0 Å². The second-order valence-corrected chi connectivity index (χ2v) is 8.12. The van der Waals surface area contributed by atoms with E-state index in [9.17, 15) is 9.90 Å². The molecule has 2 aromatic heterocycles. The van der Waals surface area contributed by atoms with Crippen LogP contribution < -0.4 is 5.32 Å². The number of nitrogens with zero attached hydrogens (tertiary/aromatic N) is 2. The number of methoxy groups -OCH3 is 1. The fourth-order valence-electron chi connectivity index (χ4n) is 4.26. The van der Waals surface area contributed by atoms with Crippen LogP contribution in [0.15, 0.2) is 37.1 Å². The molecule has 1 unspecified atom stereocenters. The van der Waals surface area contributed by atoms with Gasteiger partial charge in [0, 0.05) is 48.4 Å². The molecule has 8 heteroatoms. The standard InChI is InChI=1S/C23H30N4O4/c1-15(28)21-13-25-22-19(21)11-17(27-8-7-24-14-27)12-20(22)23(29)26-16-3-5-18(6-4-16)31-10-9-30-2/h7-8,11-16,18,25,28H,3-6,9-10H2,1-2H3,(H,26,29). The van der Waals surface area contributed by atoms with Gasteiger partial charge in [0.2, 0.25) is 0 Å². The van der Waals surface area contributed by atoms with Gasteiger partial charge in [-0.05, 0) is 44.7 Å². The van der Waals surface area contributed by atoms with E-state index >= 15 is 0 Å². The van der Waals surface area contributed by atoms with E-state index in [0.717, 1.165) is 47.8 Å². The molecule has 1 saturated carbocycles. The zero-order valence-corrected chi connectivity index (χ0v) is 18.0. The van der Waals surface area contributed by atoms with Crippen molar-refractivity contribution < 1.29 is 19.4 Å². The SMILES string of the molecule is COCCOC1CCC(NC(=O)c2cc(-n3ccnc3)cc3c(C(C)O)c[nH]c23)CC1. The lowest BCUT2D eigenvalue weighted by Gasteiger charge is -2.29. The van der Waals surface area contributed by atoms with Crippen molar-refractivity contribution in [2.45, 2.75) is 50.9 Å². The summed E-state index contributed by atoms with van der Waals surface area (Å²) in [5.74, 6) is -0.116. The second kappa shape index (κ2) is 9.64. The van der Waals surface area contributed by atoms with Gasteiger partial charge in [-0.1, -0.05) is 0 Å². The quantitative estimate of drug-likeness (QED) is 0.481. The molecule has 1 amide bonds. The third kappa shape index (κ3) is 4.81. The third-order valence-corrected chi connectivity index (χ3v) is 5.95. The van der Waals surface area contributed by atoms with Crippen molar-refractivity contribution in [3.63, 3.8) is 0 Å². The number of rotatable bonds is 8. The van der Waals surface area contributed by atoms with E-state index in [0.29, 0.717) is 18.8 Å². The average Bonchev–Trinajstić information content (AvgIpc) is 3.44. The van der Waals surface area contributed by atoms with E-state index in [4.69, 9.17) is 9.47 Å².